The minimum absolute atomic E-state index is 0.473. The van der Waals surface area contributed by atoms with Gasteiger partial charge in [0.15, 0.2) is 0 Å². The van der Waals surface area contributed by atoms with Crippen LogP contribution in [0.4, 0.5) is 0 Å². The van der Waals surface area contributed by atoms with E-state index in [1.807, 2.05) is 25.1 Å². The van der Waals surface area contributed by atoms with Gasteiger partial charge in [-0.1, -0.05) is 11.6 Å². The molecule has 0 unspecified atom stereocenters. The summed E-state index contributed by atoms with van der Waals surface area (Å²) in [6.45, 7) is 2.03. The quantitative estimate of drug-likeness (QED) is 0.837. The largest absolute Gasteiger partial charge is 0.496 e. The van der Waals surface area contributed by atoms with E-state index in [1.54, 1.807) is 13.4 Å². The molecule has 0 aliphatic rings. The number of hydrogen-bond donors (Lipinski definition) is 0. The number of methoxy groups -OCH3 is 1. The molecule has 3 nitrogen and oxygen atoms in total. The Morgan fingerprint density at radius 2 is 2.20 bits per heavy atom. The number of aryl methyl sites for hydroxylation is 1. The average Bonchev–Trinajstić information content (AvgIpc) is 2.65. The number of benzene rings is 1. The van der Waals surface area contributed by atoms with E-state index in [2.05, 4.69) is 20.9 Å². The Balaban J connectivity index is 2.55. The molecule has 0 fully saturated rings. The number of oxazole rings is 1. The molecule has 2 aromatic rings. The third-order valence-electron chi connectivity index (χ3n) is 2.11. The van der Waals surface area contributed by atoms with E-state index in [1.165, 1.54) is 0 Å². The molecule has 1 aromatic carbocycles. The van der Waals surface area contributed by atoms with E-state index < -0.39 is 0 Å². The molecule has 0 aliphatic carbocycles. The number of rotatable bonds is 2. The highest BCUT2D eigenvalue weighted by molar-refractivity contribution is 9.10. The summed E-state index contributed by atoms with van der Waals surface area (Å²) >= 11 is 3.18. The zero-order chi connectivity index (χ0) is 10.8. The maximum atomic E-state index is 5.27. The first-order valence-electron chi connectivity index (χ1n) is 4.47. The molecule has 0 radical (unpaired) electrons. The minimum Gasteiger partial charge on any atom is -0.496 e. The van der Waals surface area contributed by atoms with Crippen LogP contribution in [0.1, 0.15) is 5.56 Å². The van der Waals surface area contributed by atoms with E-state index in [4.69, 9.17) is 9.15 Å². The molecule has 0 amide bonds. The molecular weight excluding hydrogens is 258 g/mol. The van der Waals surface area contributed by atoms with Crippen LogP contribution in [-0.2, 0) is 0 Å². The molecule has 0 spiro atoms. The summed E-state index contributed by atoms with van der Waals surface area (Å²) < 4.78 is 10.4. The molecule has 0 aliphatic heterocycles. The monoisotopic (exact) mass is 267 g/mol. The predicted octanol–water partition coefficient (Wildman–Crippen LogP) is 3.42. The second-order valence-electron chi connectivity index (χ2n) is 3.19. The summed E-state index contributed by atoms with van der Waals surface area (Å²) in [6, 6.07) is 5.94. The SMILES string of the molecule is COc1ccc(C)cc1-c1coc(Br)n1. The molecule has 0 N–H and O–H groups in total. The van der Waals surface area contributed by atoms with Crippen molar-refractivity contribution < 1.29 is 9.15 Å². The fourth-order valence-electron chi connectivity index (χ4n) is 1.40. The van der Waals surface area contributed by atoms with Gasteiger partial charge in [-0.15, -0.1) is 0 Å². The number of halogens is 1. The molecular formula is C11H10BrNO2. The topological polar surface area (TPSA) is 35.3 Å². The lowest BCUT2D eigenvalue weighted by atomic mass is 10.1. The van der Waals surface area contributed by atoms with E-state index in [-0.39, 0.29) is 0 Å². The molecule has 4 heteroatoms. The Hall–Kier alpha value is -1.29. The average molecular weight is 268 g/mol. The van der Waals surface area contributed by atoms with Gasteiger partial charge in [-0.3, -0.25) is 0 Å². The Morgan fingerprint density at radius 3 is 2.80 bits per heavy atom. The number of ether oxygens (including phenoxy) is 1. The van der Waals surface area contributed by atoms with E-state index in [0.29, 0.717) is 4.80 Å². The van der Waals surface area contributed by atoms with Crippen LogP contribution in [0.25, 0.3) is 11.3 Å². The summed E-state index contributed by atoms with van der Waals surface area (Å²) in [6.07, 6.45) is 1.60. The molecule has 0 saturated carbocycles. The smallest absolute Gasteiger partial charge is 0.264 e. The second-order valence-corrected chi connectivity index (χ2v) is 3.87. The first-order valence-corrected chi connectivity index (χ1v) is 5.26. The predicted molar refractivity (Wildman–Crippen MR) is 60.9 cm³/mol. The first kappa shape index (κ1) is 10.2. The molecule has 1 heterocycles. The van der Waals surface area contributed by atoms with E-state index >= 15 is 0 Å². The van der Waals surface area contributed by atoms with Gasteiger partial charge >= 0.3 is 0 Å². The Labute approximate surface area is 96.2 Å². The minimum atomic E-state index is 0.473. The van der Waals surface area contributed by atoms with Gasteiger partial charge < -0.3 is 9.15 Å². The highest BCUT2D eigenvalue weighted by Crippen LogP contribution is 2.30. The molecule has 15 heavy (non-hydrogen) atoms. The Morgan fingerprint density at radius 1 is 1.40 bits per heavy atom. The number of nitrogens with zero attached hydrogens (tertiary/aromatic N) is 1. The fourth-order valence-corrected chi connectivity index (χ4v) is 1.68. The van der Waals surface area contributed by atoms with Gasteiger partial charge in [0.2, 0.25) is 0 Å². The summed E-state index contributed by atoms with van der Waals surface area (Å²) in [5.74, 6) is 0.793. The van der Waals surface area contributed by atoms with Crippen molar-refractivity contribution in [3.8, 4) is 17.0 Å². The van der Waals surface area contributed by atoms with E-state index in [0.717, 1.165) is 22.6 Å². The van der Waals surface area contributed by atoms with Gasteiger partial charge in [-0.25, -0.2) is 4.98 Å². The van der Waals surface area contributed by atoms with Gasteiger partial charge in [0.05, 0.1) is 7.11 Å². The van der Waals surface area contributed by atoms with Crippen molar-refractivity contribution in [3.63, 3.8) is 0 Å². The van der Waals surface area contributed by atoms with Crippen LogP contribution in [0.3, 0.4) is 0 Å². The van der Waals surface area contributed by atoms with Crippen LogP contribution < -0.4 is 4.74 Å². The van der Waals surface area contributed by atoms with Gasteiger partial charge in [-0.05, 0) is 19.1 Å². The van der Waals surface area contributed by atoms with Gasteiger partial charge in [-0.2, -0.15) is 0 Å². The highest BCUT2D eigenvalue weighted by atomic mass is 79.9. The van der Waals surface area contributed by atoms with Crippen molar-refractivity contribution in [2.75, 3.05) is 7.11 Å². The normalized spacial score (nSPS) is 10.3. The third-order valence-corrected chi connectivity index (χ3v) is 2.47. The molecule has 78 valence electrons. The van der Waals surface area contributed by atoms with Crippen molar-refractivity contribution in [3.05, 3.63) is 34.8 Å². The van der Waals surface area contributed by atoms with Gasteiger partial charge in [0.25, 0.3) is 4.80 Å². The lowest BCUT2D eigenvalue weighted by Crippen LogP contribution is -1.88. The molecule has 0 atom stereocenters. The van der Waals surface area contributed by atoms with E-state index in [9.17, 15) is 0 Å². The maximum Gasteiger partial charge on any atom is 0.264 e. The van der Waals surface area contributed by atoms with Crippen LogP contribution in [0, 0.1) is 6.92 Å². The highest BCUT2D eigenvalue weighted by Gasteiger charge is 2.10. The first-order chi connectivity index (χ1) is 7.20. The van der Waals surface area contributed by atoms with Crippen molar-refractivity contribution in [1.82, 2.24) is 4.98 Å². The Kier molecular flexibility index (Phi) is 2.77. The van der Waals surface area contributed by atoms with Crippen LogP contribution in [0.15, 0.2) is 33.7 Å². The van der Waals surface area contributed by atoms with Crippen molar-refractivity contribution in [1.29, 1.82) is 0 Å². The molecule has 0 bridgehead atoms. The van der Waals surface area contributed by atoms with Crippen molar-refractivity contribution in [2.24, 2.45) is 0 Å². The fraction of sp³-hybridized carbons (Fsp3) is 0.182. The second kappa shape index (κ2) is 4.06. The Bertz CT molecular complexity index is 479. The summed E-state index contributed by atoms with van der Waals surface area (Å²) in [5, 5.41) is 0. The van der Waals surface area contributed by atoms with Crippen molar-refractivity contribution in [2.45, 2.75) is 6.92 Å². The lowest BCUT2D eigenvalue weighted by molar-refractivity contribution is 0.416. The summed E-state index contributed by atoms with van der Waals surface area (Å²) in [4.78, 5) is 4.67. The van der Waals surface area contributed by atoms with Gasteiger partial charge in [0.1, 0.15) is 17.7 Å². The lowest BCUT2D eigenvalue weighted by Gasteiger charge is -2.06. The zero-order valence-electron chi connectivity index (χ0n) is 8.45. The van der Waals surface area contributed by atoms with Crippen LogP contribution in [-0.4, -0.2) is 12.1 Å². The van der Waals surface area contributed by atoms with Crippen molar-refractivity contribution >= 4 is 15.9 Å². The zero-order valence-corrected chi connectivity index (χ0v) is 10.0. The van der Waals surface area contributed by atoms with Crippen LogP contribution >= 0.6 is 15.9 Å². The summed E-state index contributed by atoms with van der Waals surface area (Å²) in [5.41, 5.74) is 2.86. The van der Waals surface area contributed by atoms with Crippen LogP contribution in [0.5, 0.6) is 5.75 Å². The maximum absolute atomic E-state index is 5.27. The standard InChI is InChI=1S/C11H10BrNO2/c1-7-3-4-10(14-2)8(5-7)9-6-15-11(12)13-9/h3-6H,1-2H3. The molecule has 1 aromatic heterocycles. The molecule has 0 saturated heterocycles. The molecule has 2 rings (SSSR count). The number of aromatic nitrogens is 1. The van der Waals surface area contributed by atoms with Gasteiger partial charge in [0, 0.05) is 21.5 Å². The van der Waals surface area contributed by atoms with Crippen LogP contribution in [0.2, 0.25) is 0 Å². The summed E-state index contributed by atoms with van der Waals surface area (Å²) in [7, 11) is 1.64. The number of hydrogen-bond acceptors (Lipinski definition) is 3. The third kappa shape index (κ3) is 2.04.